The van der Waals surface area contributed by atoms with Crippen molar-refractivity contribution in [1.82, 2.24) is 0 Å². The number of ether oxygens (including phenoxy) is 2. The molecule has 4 rings (SSSR count). The smallest absolute Gasteiger partial charge is 0.340 e. The number of fused-ring (bicyclic) bond motifs is 1. The van der Waals surface area contributed by atoms with Crippen molar-refractivity contribution in [2.45, 2.75) is 0 Å². The summed E-state index contributed by atoms with van der Waals surface area (Å²) >= 11 is 0. The van der Waals surface area contributed by atoms with Crippen molar-refractivity contribution in [2.24, 2.45) is 4.99 Å². The average Bonchev–Trinajstić information content (AvgIpc) is 2.78. The van der Waals surface area contributed by atoms with Crippen molar-refractivity contribution in [3.8, 4) is 5.75 Å². The standard InChI is InChI=1S/C23H22N2O4/c1-28-23(27)19-14-17(7-8-21(19)25-10-12-29-13-11-25)24-15-20-18-5-3-2-4-16(18)6-9-22(20)26/h2-9,14-15,26H,10-13H2,1H3. The highest BCUT2D eigenvalue weighted by molar-refractivity contribution is 6.03. The number of anilines is 1. The van der Waals surface area contributed by atoms with Crippen molar-refractivity contribution in [3.63, 3.8) is 0 Å². The molecule has 148 valence electrons. The second-order valence-electron chi connectivity index (χ2n) is 6.77. The van der Waals surface area contributed by atoms with Crippen LogP contribution in [0.15, 0.2) is 59.6 Å². The third-order valence-electron chi connectivity index (χ3n) is 5.03. The molecule has 0 radical (unpaired) electrons. The Morgan fingerprint density at radius 2 is 1.93 bits per heavy atom. The first-order valence-electron chi connectivity index (χ1n) is 9.47. The van der Waals surface area contributed by atoms with E-state index in [9.17, 15) is 9.90 Å². The number of morpholine rings is 1. The number of rotatable bonds is 4. The van der Waals surface area contributed by atoms with Gasteiger partial charge in [0, 0.05) is 24.9 Å². The van der Waals surface area contributed by atoms with Gasteiger partial charge in [-0.05, 0) is 35.0 Å². The topological polar surface area (TPSA) is 71.4 Å². The lowest BCUT2D eigenvalue weighted by molar-refractivity contribution is 0.0600. The van der Waals surface area contributed by atoms with Crippen LogP contribution in [-0.2, 0) is 9.47 Å². The zero-order valence-electron chi connectivity index (χ0n) is 16.2. The van der Waals surface area contributed by atoms with E-state index in [1.54, 1.807) is 18.3 Å². The molecule has 0 unspecified atom stereocenters. The predicted octanol–water partition coefficient (Wildman–Crippen LogP) is 3.92. The van der Waals surface area contributed by atoms with E-state index >= 15 is 0 Å². The zero-order valence-corrected chi connectivity index (χ0v) is 16.2. The van der Waals surface area contributed by atoms with Gasteiger partial charge in [0.1, 0.15) is 5.75 Å². The maximum absolute atomic E-state index is 12.4. The van der Waals surface area contributed by atoms with Crippen molar-refractivity contribution in [2.75, 3.05) is 38.3 Å². The lowest BCUT2D eigenvalue weighted by Gasteiger charge is -2.30. The van der Waals surface area contributed by atoms with E-state index in [1.807, 2.05) is 42.5 Å². The van der Waals surface area contributed by atoms with Crippen LogP contribution in [0.2, 0.25) is 0 Å². The minimum Gasteiger partial charge on any atom is -0.507 e. The summed E-state index contributed by atoms with van der Waals surface area (Å²) in [5.74, 6) is -0.248. The van der Waals surface area contributed by atoms with Crippen molar-refractivity contribution < 1.29 is 19.4 Å². The average molecular weight is 390 g/mol. The van der Waals surface area contributed by atoms with Crippen LogP contribution < -0.4 is 4.90 Å². The molecule has 0 saturated carbocycles. The first kappa shape index (κ1) is 19.0. The van der Waals surface area contributed by atoms with Gasteiger partial charge in [-0.25, -0.2) is 4.79 Å². The van der Waals surface area contributed by atoms with Gasteiger partial charge < -0.3 is 19.5 Å². The molecule has 1 aliphatic heterocycles. The van der Waals surface area contributed by atoms with Crippen LogP contribution in [0, 0.1) is 0 Å². The number of phenolic OH excluding ortho intramolecular Hbond substituents is 1. The molecule has 1 saturated heterocycles. The Hall–Kier alpha value is -3.38. The van der Waals surface area contributed by atoms with Crippen molar-refractivity contribution in [3.05, 3.63) is 65.7 Å². The van der Waals surface area contributed by atoms with Crippen LogP contribution in [0.4, 0.5) is 11.4 Å². The van der Waals surface area contributed by atoms with E-state index in [4.69, 9.17) is 9.47 Å². The summed E-state index contributed by atoms with van der Waals surface area (Å²) in [7, 11) is 1.37. The number of benzene rings is 3. The largest absolute Gasteiger partial charge is 0.507 e. The Labute approximate surface area is 169 Å². The fraction of sp³-hybridized carbons (Fsp3) is 0.217. The molecule has 3 aromatic carbocycles. The SMILES string of the molecule is COC(=O)c1cc(N=Cc2c(O)ccc3ccccc23)ccc1N1CCOCC1. The van der Waals surface area contributed by atoms with Crippen LogP contribution >= 0.6 is 0 Å². The molecule has 29 heavy (non-hydrogen) atoms. The van der Waals surface area contributed by atoms with E-state index in [0.29, 0.717) is 30.0 Å². The Morgan fingerprint density at radius 1 is 1.14 bits per heavy atom. The van der Waals surface area contributed by atoms with Gasteiger partial charge in [-0.15, -0.1) is 0 Å². The molecule has 0 spiro atoms. The first-order chi connectivity index (χ1) is 14.2. The summed E-state index contributed by atoms with van der Waals surface area (Å²) in [6.45, 7) is 2.69. The van der Waals surface area contributed by atoms with Gasteiger partial charge in [0.25, 0.3) is 0 Å². The molecule has 1 fully saturated rings. The molecule has 0 aromatic heterocycles. The molecule has 3 aromatic rings. The van der Waals surface area contributed by atoms with Gasteiger partial charge in [-0.2, -0.15) is 0 Å². The highest BCUT2D eigenvalue weighted by atomic mass is 16.5. The van der Waals surface area contributed by atoms with E-state index in [2.05, 4.69) is 9.89 Å². The van der Waals surface area contributed by atoms with Gasteiger partial charge in [-0.1, -0.05) is 30.3 Å². The van der Waals surface area contributed by atoms with Crippen LogP contribution in [0.25, 0.3) is 10.8 Å². The van der Waals surface area contributed by atoms with E-state index in [-0.39, 0.29) is 5.75 Å². The summed E-state index contributed by atoms with van der Waals surface area (Å²) < 4.78 is 10.4. The number of methoxy groups -OCH3 is 1. The Balaban J connectivity index is 1.71. The Bertz CT molecular complexity index is 1070. The van der Waals surface area contributed by atoms with Crippen LogP contribution in [0.1, 0.15) is 15.9 Å². The lowest BCUT2D eigenvalue weighted by Crippen LogP contribution is -2.37. The Kier molecular flexibility index (Phi) is 5.44. The Morgan fingerprint density at radius 3 is 2.72 bits per heavy atom. The summed E-state index contributed by atoms with van der Waals surface area (Å²) in [5.41, 5.74) is 2.52. The molecular formula is C23H22N2O4. The zero-order chi connectivity index (χ0) is 20.2. The van der Waals surface area contributed by atoms with Gasteiger partial charge in [-0.3, -0.25) is 4.99 Å². The normalized spacial score (nSPS) is 14.4. The van der Waals surface area contributed by atoms with E-state index in [1.165, 1.54) is 7.11 Å². The molecule has 6 nitrogen and oxygen atoms in total. The van der Waals surface area contributed by atoms with E-state index < -0.39 is 5.97 Å². The number of carbonyl (C=O) groups is 1. The minimum atomic E-state index is -0.406. The first-order valence-corrected chi connectivity index (χ1v) is 9.47. The molecule has 6 heteroatoms. The molecule has 0 atom stereocenters. The van der Waals surface area contributed by atoms with Crippen molar-refractivity contribution >= 4 is 34.3 Å². The fourth-order valence-corrected chi connectivity index (χ4v) is 3.52. The van der Waals surface area contributed by atoms with Gasteiger partial charge in [0.15, 0.2) is 0 Å². The monoisotopic (exact) mass is 390 g/mol. The third-order valence-corrected chi connectivity index (χ3v) is 5.03. The molecule has 1 N–H and O–H groups in total. The molecule has 0 amide bonds. The van der Waals surface area contributed by atoms with Crippen LogP contribution in [-0.4, -0.2) is 50.7 Å². The number of aliphatic imine (C=N–C) groups is 1. The van der Waals surface area contributed by atoms with E-state index in [0.717, 1.165) is 29.5 Å². The predicted molar refractivity (Wildman–Crippen MR) is 114 cm³/mol. The second kappa shape index (κ2) is 8.32. The van der Waals surface area contributed by atoms with Gasteiger partial charge >= 0.3 is 5.97 Å². The summed E-state index contributed by atoms with van der Waals surface area (Å²) in [6, 6.07) is 16.8. The molecular weight excluding hydrogens is 368 g/mol. The quantitative estimate of drug-likeness (QED) is 0.540. The maximum atomic E-state index is 12.4. The lowest BCUT2D eigenvalue weighted by atomic mass is 10.0. The number of phenols is 1. The number of hydrogen-bond donors (Lipinski definition) is 1. The maximum Gasteiger partial charge on any atom is 0.340 e. The highest BCUT2D eigenvalue weighted by Gasteiger charge is 2.19. The summed E-state index contributed by atoms with van der Waals surface area (Å²) in [4.78, 5) is 19.0. The van der Waals surface area contributed by atoms with Crippen molar-refractivity contribution in [1.29, 1.82) is 0 Å². The fourth-order valence-electron chi connectivity index (χ4n) is 3.52. The molecule has 0 bridgehead atoms. The van der Waals surface area contributed by atoms with Gasteiger partial charge in [0.2, 0.25) is 0 Å². The second-order valence-corrected chi connectivity index (χ2v) is 6.77. The number of esters is 1. The summed E-state index contributed by atoms with van der Waals surface area (Å²) in [6.07, 6.45) is 1.63. The van der Waals surface area contributed by atoms with Crippen LogP contribution in [0.5, 0.6) is 5.75 Å². The number of nitrogens with zero attached hydrogens (tertiary/aromatic N) is 2. The molecule has 1 aliphatic rings. The number of hydrogen-bond acceptors (Lipinski definition) is 6. The highest BCUT2D eigenvalue weighted by Crippen LogP contribution is 2.29. The molecule has 1 heterocycles. The van der Waals surface area contributed by atoms with Crippen LogP contribution in [0.3, 0.4) is 0 Å². The van der Waals surface area contributed by atoms with Gasteiger partial charge in [0.05, 0.1) is 37.3 Å². The summed E-state index contributed by atoms with van der Waals surface area (Å²) in [5, 5.41) is 12.2. The molecule has 0 aliphatic carbocycles. The third kappa shape index (κ3) is 3.93. The minimum absolute atomic E-state index is 0.158. The number of aromatic hydroxyl groups is 1. The number of carbonyl (C=O) groups excluding carboxylic acids is 1.